The molecule has 0 amide bonds. The zero-order chi connectivity index (χ0) is 13.0. The number of piperazine rings is 1. The SMILES string of the molecule is CCCN1CCN(c2cc(C)ncc2CCl)CC1. The molecule has 4 heteroatoms. The van der Waals surface area contributed by atoms with Crippen molar-refractivity contribution in [2.45, 2.75) is 26.1 Å². The zero-order valence-electron chi connectivity index (χ0n) is 11.3. The average Bonchev–Trinajstić information content (AvgIpc) is 2.40. The van der Waals surface area contributed by atoms with Gasteiger partial charge >= 0.3 is 0 Å². The lowest BCUT2D eigenvalue weighted by Gasteiger charge is -2.36. The van der Waals surface area contributed by atoms with Crippen LogP contribution in [0, 0.1) is 6.92 Å². The molecular formula is C14H22ClN3. The van der Waals surface area contributed by atoms with Gasteiger partial charge in [-0.2, -0.15) is 0 Å². The fourth-order valence-electron chi connectivity index (χ4n) is 2.50. The lowest BCUT2D eigenvalue weighted by molar-refractivity contribution is 0.258. The summed E-state index contributed by atoms with van der Waals surface area (Å²) >= 11 is 6.00. The molecule has 3 nitrogen and oxygen atoms in total. The van der Waals surface area contributed by atoms with Crippen molar-refractivity contribution in [2.24, 2.45) is 0 Å². The largest absolute Gasteiger partial charge is 0.369 e. The predicted octanol–water partition coefficient (Wildman–Crippen LogP) is 2.66. The van der Waals surface area contributed by atoms with Crippen molar-refractivity contribution in [1.29, 1.82) is 0 Å². The van der Waals surface area contributed by atoms with Gasteiger partial charge in [-0.3, -0.25) is 9.88 Å². The van der Waals surface area contributed by atoms with Crippen LogP contribution in [-0.4, -0.2) is 42.6 Å². The van der Waals surface area contributed by atoms with Crippen LogP contribution in [0.15, 0.2) is 12.3 Å². The summed E-state index contributed by atoms with van der Waals surface area (Å²) in [5.74, 6) is 0.539. The van der Waals surface area contributed by atoms with Gasteiger partial charge in [0.2, 0.25) is 0 Å². The van der Waals surface area contributed by atoms with E-state index in [1.54, 1.807) is 0 Å². The third-order valence-corrected chi connectivity index (χ3v) is 3.78. The summed E-state index contributed by atoms with van der Waals surface area (Å²) in [5, 5.41) is 0. The Bertz CT molecular complexity index is 387. The zero-order valence-corrected chi connectivity index (χ0v) is 12.1. The van der Waals surface area contributed by atoms with Crippen LogP contribution in [-0.2, 0) is 5.88 Å². The molecule has 1 fully saturated rings. The maximum atomic E-state index is 6.00. The Labute approximate surface area is 115 Å². The molecule has 0 atom stereocenters. The second kappa shape index (κ2) is 6.39. The van der Waals surface area contributed by atoms with E-state index in [1.807, 2.05) is 13.1 Å². The maximum absolute atomic E-state index is 6.00. The van der Waals surface area contributed by atoms with E-state index in [-0.39, 0.29) is 0 Å². The number of nitrogens with zero attached hydrogens (tertiary/aromatic N) is 3. The summed E-state index contributed by atoms with van der Waals surface area (Å²) in [6.07, 6.45) is 3.15. The average molecular weight is 268 g/mol. The van der Waals surface area contributed by atoms with Gasteiger partial charge in [0.1, 0.15) is 0 Å². The van der Waals surface area contributed by atoms with Gasteiger partial charge in [0, 0.05) is 49.3 Å². The molecule has 2 rings (SSSR count). The summed E-state index contributed by atoms with van der Waals surface area (Å²) in [7, 11) is 0. The Morgan fingerprint density at radius 1 is 1.28 bits per heavy atom. The number of halogens is 1. The van der Waals surface area contributed by atoms with E-state index in [2.05, 4.69) is 27.8 Å². The summed E-state index contributed by atoms with van der Waals surface area (Å²) < 4.78 is 0. The Morgan fingerprint density at radius 2 is 2.00 bits per heavy atom. The van der Waals surface area contributed by atoms with Gasteiger partial charge in [-0.1, -0.05) is 6.92 Å². The van der Waals surface area contributed by atoms with Gasteiger partial charge in [0.05, 0.1) is 5.88 Å². The Morgan fingerprint density at radius 3 is 2.61 bits per heavy atom. The summed E-state index contributed by atoms with van der Waals surface area (Å²) in [6.45, 7) is 9.97. The monoisotopic (exact) mass is 267 g/mol. The van der Waals surface area contributed by atoms with Crippen LogP contribution in [0.4, 0.5) is 5.69 Å². The molecule has 0 unspecified atom stereocenters. The van der Waals surface area contributed by atoms with Crippen LogP contribution in [0.5, 0.6) is 0 Å². The first-order valence-corrected chi connectivity index (χ1v) is 7.27. The van der Waals surface area contributed by atoms with Gasteiger partial charge < -0.3 is 4.90 Å². The smallest absolute Gasteiger partial charge is 0.0509 e. The molecule has 0 aromatic carbocycles. The minimum Gasteiger partial charge on any atom is -0.369 e. The van der Waals surface area contributed by atoms with E-state index in [4.69, 9.17) is 11.6 Å². The number of alkyl halides is 1. The van der Waals surface area contributed by atoms with E-state index in [0.29, 0.717) is 5.88 Å². The minimum absolute atomic E-state index is 0.539. The van der Waals surface area contributed by atoms with Gasteiger partial charge in [0.25, 0.3) is 0 Å². The molecule has 1 aromatic rings. The standard InChI is InChI=1S/C14H22ClN3/c1-3-4-17-5-7-18(8-6-17)14-9-12(2)16-11-13(14)10-15/h9,11H,3-8,10H2,1-2H3. The van der Waals surface area contributed by atoms with E-state index < -0.39 is 0 Å². The van der Waals surface area contributed by atoms with Crippen molar-refractivity contribution in [1.82, 2.24) is 9.88 Å². The van der Waals surface area contributed by atoms with Crippen LogP contribution in [0.1, 0.15) is 24.6 Å². The molecule has 0 N–H and O–H groups in total. The molecule has 2 heterocycles. The lowest BCUT2D eigenvalue weighted by atomic mass is 10.2. The molecule has 0 spiro atoms. The van der Waals surface area contributed by atoms with Crippen molar-refractivity contribution in [3.05, 3.63) is 23.5 Å². The predicted molar refractivity (Wildman–Crippen MR) is 77.5 cm³/mol. The molecule has 100 valence electrons. The van der Waals surface area contributed by atoms with Crippen molar-refractivity contribution < 1.29 is 0 Å². The molecular weight excluding hydrogens is 246 g/mol. The first-order chi connectivity index (χ1) is 8.74. The second-order valence-corrected chi connectivity index (χ2v) is 5.18. The highest BCUT2D eigenvalue weighted by atomic mass is 35.5. The summed E-state index contributed by atoms with van der Waals surface area (Å²) in [6, 6.07) is 2.16. The highest BCUT2D eigenvalue weighted by molar-refractivity contribution is 6.17. The van der Waals surface area contributed by atoms with Gasteiger partial charge in [-0.25, -0.2) is 0 Å². The molecule has 18 heavy (non-hydrogen) atoms. The Hall–Kier alpha value is -0.800. The van der Waals surface area contributed by atoms with E-state index in [0.717, 1.165) is 37.4 Å². The number of rotatable bonds is 4. The molecule has 1 aromatic heterocycles. The highest BCUT2D eigenvalue weighted by Gasteiger charge is 2.18. The number of hydrogen-bond acceptors (Lipinski definition) is 3. The van der Waals surface area contributed by atoms with E-state index in [1.165, 1.54) is 18.7 Å². The number of hydrogen-bond donors (Lipinski definition) is 0. The molecule has 0 aliphatic carbocycles. The topological polar surface area (TPSA) is 19.4 Å². The maximum Gasteiger partial charge on any atom is 0.0509 e. The van der Waals surface area contributed by atoms with Crippen LogP contribution in [0.25, 0.3) is 0 Å². The molecule has 1 aliphatic rings. The van der Waals surface area contributed by atoms with Crippen molar-refractivity contribution >= 4 is 17.3 Å². The van der Waals surface area contributed by atoms with E-state index >= 15 is 0 Å². The first-order valence-electron chi connectivity index (χ1n) is 6.73. The van der Waals surface area contributed by atoms with Crippen molar-refractivity contribution in [3.8, 4) is 0 Å². The lowest BCUT2D eigenvalue weighted by Crippen LogP contribution is -2.46. The Kier molecular flexibility index (Phi) is 4.84. The number of aryl methyl sites for hydroxylation is 1. The van der Waals surface area contributed by atoms with Crippen LogP contribution in [0.2, 0.25) is 0 Å². The summed E-state index contributed by atoms with van der Waals surface area (Å²) in [4.78, 5) is 9.30. The first kappa shape index (κ1) is 13.6. The minimum atomic E-state index is 0.539. The molecule has 0 bridgehead atoms. The fraction of sp³-hybridized carbons (Fsp3) is 0.643. The molecule has 0 radical (unpaired) electrons. The highest BCUT2D eigenvalue weighted by Crippen LogP contribution is 2.23. The van der Waals surface area contributed by atoms with Crippen LogP contribution < -0.4 is 4.90 Å². The van der Waals surface area contributed by atoms with Crippen LogP contribution >= 0.6 is 11.6 Å². The quantitative estimate of drug-likeness (QED) is 0.782. The van der Waals surface area contributed by atoms with Crippen molar-refractivity contribution in [3.63, 3.8) is 0 Å². The second-order valence-electron chi connectivity index (χ2n) is 4.92. The Balaban J connectivity index is 2.06. The van der Waals surface area contributed by atoms with Crippen molar-refractivity contribution in [2.75, 3.05) is 37.6 Å². The number of aromatic nitrogens is 1. The molecule has 0 saturated carbocycles. The van der Waals surface area contributed by atoms with Gasteiger partial charge in [-0.05, 0) is 26.0 Å². The third kappa shape index (κ3) is 3.15. The van der Waals surface area contributed by atoms with Crippen LogP contribution in [0.3, 0.4) is 0 Å². The summed E-state index contributed by atoms with van der Waals surface area (Å²) in [5.41, 5.74) is 3.48. The molecule has 1 aliphatic heterocycles. The molecule has 1 saturated heterocycles. The third-order valence-electron chi connectivity index (χ3n) is 3.50. The van der Waals surface area contributed by atoms with E-state index in [9.17, 15) is 0 Å². The normalized spacial score (nSPS) is 17.2. The number of anilines is 1. The number of pyridine rings is 1. The van der Waals surface area contributed by atoms with Gasteiger partial charge in [0.15, 0.2) is 0 Å². The fourth-order valence-corrected chi connectivity index (χ4v) is 2.71. The van der Waals surface area contributed by atoms with Gasteiger partial charge in [-0.15, -0.1) is 11.6 Å².